The summed E-state index contributed by atoms with van der Waals surface area (Å²) in [4.78, 5) is 2.40. The van der Waals surface area contributed by atoms with Crippen LogP contribution in [0.15, 0.2) is 48.5 Å². The first-order valence-electron chi connectivity index (χ1n) is 7.26. The molecule has 2 aromatic rings. The Hall–Kier alpha value is -1.80. The van der Waals surface area contributed by atoms with Crippen molar-refractivity contribution >= 4 is 5.69 Å². The molecule has 0 radical (unpaired) electrons. The largest absolute Gasteiger partial charge is 0.367 e. The molecule has 2 aromatic carbocycles. The molecule has 0 atom stereocenters. The van der Waals surface area contributed by atoms with Crippen molar-refractivity contribution in [2.75, 3.05) is 18.0 Å². The summed E-state index contributed by atoms with van der Waals surface area (Å²) in [6.07, 6.45) is 1.01. The van der Waals surface area contributed by atoms with Crippen molar-refractivity contribution in [2.45, 2.75) is 26.8 Å². The number of para-hydroxylation sites is 1. The molecule has 2 heteroatoms. The molecule has 0 heterocycles. The minimum Gasteiger partial charge on any atom is -0.367 e. The van der Waals surface area contributed by atoms with Crippen LogP contribution in [0.1, 0.15) is 23.1 Å². The monoisotopic (exact) mass is 268 g/mol. The maximum Gasteiger partial charge on any atom is 0.0429 e. The van der Waals surface area contributed by atoms with Gasteiger partial charge in [-0.15, -0.1) is 0 Å². The Morgan fingerprint density at radius 1 is 0.950 bits per heavy atom. The van der Waals surface area contributed by atoms with Gasteiger partial charge in [-0.25, -0.2) is 0 Å². The van der Waals surface area contributed by atoms with E-state index in [-0.39, 0.29) is 0 Å². The third-order valence-electron chi connectivity index (χ3n) is 3.41. The number of benzene rings is 2. The highest BCUT2D eigenvalue weighted by atomic mass is 15.1. The van der Waals surface area contributed by atoms with Gasteiger partial charge in [0, 0.05) is 18.8 Å². The lowest BCUT2D eigenvalue weighted by Crippen LogP contribution is -2.25. The smallest absolute Gasteiger partial charge is 0.0429 e. The lowest BCUT2D eigenvalue weighted by molar-refractivity contribution is 0.735. The molecule has 0 aliphatic heterocycles. The Kier molecular flexibility index (Phi) is 5.19. The quantitative estimate of drug-likeness (QED) is 0.866. The van der Waals surface area contributed by atoms with Gasteiger partial charge in [0.15, 0.2) is 0 Å². The van der Waals surface area contributed by atoms with Crippen LogP contribution in [-0.4, -0.2) is 13.1 Å². The minimum atomic E-state index is 0.732. The van der Waals surface area contributed by atoms with Crippen LogP contribution in [0.25, 0.3) is 0 Å². The molecule has 0 unspecified atom stereocenters. The zero-order chi connectivity index (χ0) is 14.4. The summed E-state index contributed by atoms with van der Waals surface area (Å²) in [5.41, 5.74) is 10.9. The highest BCUT2D eigenvalue weighted by Gasteiger charge is 2.07. The standard InChI is InChI=1S/C18H24N2/c1-15-11-16(2)13-17(12-15)14-20(10-6-9-19)18-7-4-3-5-8-18/h3-5,7-8,11-13H,6,9-10,14,19H2,1-2H3. The number of rotatable bonds is 6. The van der Waals surface area contributed by atoms with E-state index in [2.05, 4.69) is 67.3 Å². The zero-order valence-corrected chi connectivity index (χ0v) is 12.5. The Balaban J connectivity index is 2.19. The normalized spacial score (nSPS) is 10.6. The highest BCUT2D eigenvalue weighted by Crippen LogP contribution is 2.18. The molecule has 0 aliphatic rings. The van der Waals surface area contributed by atoms with Gasteiger partial charge in [0.05, 0.1) is 0 Å². The molecule has 0 aromatic heterocycles. The fourth-order valence-electron chi connectivity index (χ4n) is 2.60. The topological polar surface area (TPSA) is 29.3 Å². The third kappa shape index (κ3) is 4.10. The van der Waals surface area contributed by atoms with E-state index in [9.17, 15) is 0 Å². The van der Waals surface area contributed by atoms with Crippen molar-refractivity contribution in [1.82, 2.24) is 0 Å². The van der Waals surface area contributed by atoms with Crippen molar-refractivity contribution in [2.24, 2.45) is 5.73 Å². The van der Waals surface area contributed by atoms with Crippen molar-refractivity contribution in [1.29, 1.82) is 0 Å². The molecule has 2 nitrogen and oxygen atoms in total. The number of hydrogen-bond acceptors (Lipinski definition) is 2. The second-order valence-corrected chi connectivity index (χ2v) is 5.40. The molecular weight excluding hydrogens is 244 g/mol. The van der Waals surface area contributed by atoms with E-state index in [0.717, 1.165) is 26.1 Å². The summed E-state index contributed by atoms with van der Waals surface area (Å²) in [5.74, 6) is 0. The van der Waals surface area contributed by atoms with E-state index in [4.69, 9.17) is 5.73 Å². The van der Waals surface area contributed by atoms with Crippen molar-refractivity contribution in [3.05, 3.63) is 65.2 Å². The van der Waals surface area contributed by atoms with Crippen molar-refractivity contribution in [3.8, 4) is 0 Å². The molecule has 2 rings (SSSR count). The van der Waals surface area contributed by atoms with Crippen LogP contribution in [0.4, 0.5) is 5.69 Å². The van der Waals surface area contributed by atoms with Crippen LogP contribution in [0, 0.1) is 13.8 Å². The van der Waals surface area contributed by atoms with Crippen LogP contribution < -0.4 is 10.6 Å². The first kappa shape index (κ1) is 14.6. The second-order valence-electron chi connectivity index (χ2n) is 5.40. The number of aryl methyl sites for hydroxylation is 2. The summed E-state index contributed by atoms with van der Waals surface area (Å²) >= 11 is 0. The molecule has 0 saturated carbocycles. The predicted octanol–water partition coefficient (Wildman–Crippen LogP) is 3.66. The zero-order valence-electron chi connectivity index (χ0n) is 12.5. The fourth-order valence-corrected chi connectivity index (χ4v) is 2.60. The molecule has 0 fully saturated rings. The highest BCUT2D eigenvalue weighted by molar-refractivity contribution is 5.47. The summed E-state index contributed by atoms with van der Waals surface area (Å²) in [6, 6.07) is 17.3. The summed E-state index contributed by atoms with van der Waals surface area (Å²) in [5, 5.41) is 0. The van der Waals surface area contributed by atoms with Gasteiger partial charge in [0.2, 0.25) is 0 Å². The van der Waals surface area contributed by atoms with Crippen molar-refractivity contribution < 1.29 is 0 Å². The SMILES string of the molecule is Cc1cc(C)cc(CN(CCCN)c2ccccc2)c1. The Morgan fingerprint density at radius 2 is 1.60 bits per heavy atom. The van der Waals surface area contributed by atoms with Gasteiger partial charge in [-0.3, -0.25) is 0 Å². The molecular formula is C18H24N2. The van der Waals surface area contributed by atoms with E-state index in [1.54, 1.807) is 0 Å². The van der Waals surface area contributed by atoms with Gasteiger partial charge in [-0.05, 0) is 44.5 Å². The van der Waals surface area contributed by atoms with Gasteiger partial charge in [0.1, 0.15) is 0 Å². The summed E-state index contributed by atoms with van der Waals surface area (Å²) < 4.78 is 0. The lowest BCUT2D eigenvalue weighted by atomic mass is 10.1. The molecule has 2 N–H and O–H groups in total. The van der Waals surface area contributed by atoms with Crippen LogP contribution in [0.2, 0.25) is 0 Å². The van der Waals surface area contributed by atoms with E-state index >= 15 is 0 Å². The lowest BCUT2D eigenvalue weighted by Gasteiger charge is -2.25. The average Bonchev–Trinajstić information content (AvgIpc) is 2.43. The maximum absolute atomic E-state index is 5.67. The predicted molar refractivity (Wildman–Crippen MR) is 87.1 cm³/mol. The molecule has 20 heavy (non-hydrogen) atoms. The average molecular weight is 268 g/mol. The first-order valence-corrected chi connectivity index (χ1v) is 7.26. The number of hydrogen-bond donors (Lipinski definition) is 1. The minimum absolute atomic E-state index is 0.732. The summed E-state index contributed by atoms with van der Waals surface area (Å²) in [6.45, 7) is 6.97. The van der Waals surface area contributed by atoms with Gasteiger partial charge < -0.3 is 10.6 Å². The number of anilines is 1. The van der Waals surface area contributed by atoms with Crippen LogP contribution in [0.3, 0.4) is 0 Å². The van der Waals surface area contributed by atoms with E-state index < -0.39 is 0 Å². The van der Waals surface area contributed by atoms with Gasteiger partial charge >= 0.3 is 0 Å². The van der Waals surface area contributed by atoms with E-state index in [1.165, 1.54) is 22.4 Å². The number of nitrogens with zero attached hydrogens (tertiary/aromatic N) is 1. The fraction of sp³-hybridized carbons (Fsp3) is 0.333. The van der Waals surface area contributed by atoms with Gasteiger partial charge in [-0.2, -0.15) is 0 Å². The molecule has 106 valence electrons. The van der Waals surface area contributed by atoms with E-state index in [1.807, 2.05) is 0 Å². The summed E-state index contributed by atoms with van der Waals surface area (Å²) in [7, 11) is 0. The Bertz CT molecular complexity index is 514. The molecule has 0 spiro atoms. The van der Waals surface area contributed by atoms with Crippen LogP contribution in [-0.2, 0) is 6.54 Å². The molecule has 0 bridgehead atoms. The van der Waals surface area contributed by atoms with Crippen LogP contribution in [0.5, 0.6) is 0 Å². The van der Waals surface area contributed by atoms with Crippen LogP contribution >= 0.6 is 0 Å². The molecule has 0 saturated heterocycles. The van der Waals surface area contributed by atoms with E-state index in [0.29, 0.717) is 0 Å². The first-order chi connectivity index (χ1) is 9.69. The molecule has 0 aliphatic carbocycles. The van der Waals surface area contributed by atoms with Crippen molar-refractivity contribution in [3.63, 3.8) is 0 Å². The maximum atomic E-state index is 5.67. The molecule has 0 amide bonds. The van der Waals surface area contributed by atoms with Gasteiger partial charge in [-0.1, -0.05) is 47.5 Å². The second kappa shape index (κ2) is 7.11. The Morgan fingerprint density at radius 3 is 2.20 bits per heavy atom. The third-order valence-corrected chi connectivity index (χ3v) is 3.41. The Labute approximate surface area is 122 Å². The van der Waals surface area contributed by atoms with Gasteiger partial charge in [0.25, 0.3) is 0 Å². The number of nitrogens with two attached hydrogens (primary N) is 1.